The minimum absolute atomic E-state index is 0.241. The molecule has 5 heteroatoms. The first-order valence-corrected chi connectivity index (χ1v) is 5.62. The molecule has 0 spiro atoms. The third kappa shape index (κ3) is 3.29. The second-order valence-corrected chi connectivity index (χ2v) is 4.56. The lowest BCUT2D eigenvalue weighted by atomic mass is 10.2. The number of amides is 1. The SMILES string of the molecule is NC(=O)OCc1cccc(I)c1I. The third-order valence-corrected chi connectivity index (χ3v) is 4.61. The fourth-order valence-electron chi connectivity index (χ4n) is 0.809. The molecule has 1 aromatic rings. The highest BCUT2D eigenvalue weighted by molar-refractivity contribution is 14.1. The number of halogens is 2. The van der Waals surface area contributed by atoms with Crippen molar-refractivity contribution < 1.29 is 9.53 Å². The minimum atomic E-state index is -0.741. The highest BCUT2D eigenvalue weighted by Gasteiger charge is 2.04. The van der Waals surface area contributed by atoms with E-state index in [1.807, 2.05) is 18.2 Å². The Labute approximate surface area is 103 Å². The van der Waals surface area contributed by atoms with E-state index in [1.165, 1.54) is 0 Å². The molecule has 0 aliphatic carbocycles. The molecule has 0 aromatic heterocycles. The Hall–Kier alpha value is -0.0500. The summed E-state index contributed by atoms with van der Waals surface area (Å²) in [5, 5.41) is 0. The van der Waals surface area contributed by atoms with Gasteiger partial charge in [0.1, 0.15) is 6.61 Å². The third-order valence-electron chi connectivity index (χ3n) is 1.40. The van der Waals surface area contributed by atoms with Gasteiger partial charge >= 0.3 is 6.09 Å². The maximum absolute atomic E-state index is 10.4. The van der Waals surface area contributed by atoms with Crippen molar-refractivity contribution in [2.24, 2.45) is 5.73 Å². The molecule has 3 nitrogen and oxygen atoms in total. The van der Waals surface area contributed by atoms with Crippen molar-refractivity contribution in [3.8, 4) is 0 Å². The lowest BCUT2D eigenvalue weighted by Crippen LogP contribution is -2.13. The zero-order valence-electron chi connectivity index (χ0n) is 6.59. The molecule has 0 saturated heterocycles. The summed E-state index contributed by atoms with van der Waals surface area (Å²) in [6.45, 7) is 0.241. The molecular weight excluding hydrogens is 396 g/mol. The first-order valence-electron chi connectivity index (χ1n) is 3.46. The van der Waals surface area contributed by atoms with Crippen molar-refractivity contribution in [2.75, 3.05) is 0 Å². The van der Waals surface area contributed by atoms with Crippen molar-refractivity contribution >= 4 is 51.3 Å². The van der Waals surface area contributed by atoms with Crippen molar-refractivity contribution in [2.45, 2.75) is 6.61 Å². The fourth-order valence-corrected chi connectivity index (χ4v) is 1.88. The summed E-state index contributed by atoms with van der Waals surface area (Å²) < 4.78 is 6.94. The van der Waals surface area contributed by atoms with E-state index >= 15 is 0 Å². The summed E-state index contributed by atoms with van der Waals surface area (Å²) >= 11 is 4.44. The lowest BCUT2D eigenvalue weighted by molar-refractivity contribution is 0.150. The standard InChI is InChI=1S/C8H7I2NO2/c9-6-3-1-2-5(7(6)10)4-13-8(11)12/h1-3H,4H2,(H2,11,12). The van der Waals surface area contributed by atoms with Crippen LogP contribution in [0.15, 0.2) is 18.2 Å². The van der Waals surface area contributed by atoms with Gasteiger partial charge < -0.3 is 10.5 Å². The van der Waals surface area contributed by atoms with Crippen LogP contribution in [0.4, 0.5) is 4.79 Å². The van der Waals surface area contributed by atoms with E-state index in [-0.39, 0.29) is 6.61 Å². The Morgan fingerprint density at radius 1 is 1.46 bits per heavy atom. The average Bonchev–Trinajstić information content (AvgIpc) is 2.07. The number of ether oxygens (including phenoxy) is 1. The van der Waals surface area contributed by atoms with Gasteiger partial charge in [-0.15, -0.1) is 0 Å². The number of benzene rings is 1. The molecule has 2 N–H and O–H groups in total. The van der Waals surface area contributed by atoms with Gasteiger partial charge in [-0.2, -0.15) is 0 Å². The predicted molar refractivity (Wildman–Crippen MR) is 66.2 cm³/mol. The number of primary amides is 1. The van der Waals surface area contributed by atoms with Crippen LogP contribution in [0.25, 0.3) is 0 Å². The van der Waals surface area contributed by atoms with Gasteiger partial charge in [0.25, 0.3) is 0 Å². The van der Waals surface area contributed by atoms with Gasteiger partial charge in [0, 0.05) is 12.7 Å². The summed E-state index contributed by atoms with van der Waals surface area (Å²) in [5.41, 5.74) is 5.84. The first-order chi connectivity index (χ1) is 6.11. The Kier molecular flexibility index (Phi) is 4.23. The summed E-state index contributed by atoms with van der Waals surface area (Å²) in [4.78, 5) is 10.4. The highest BCUT2D eigenvalue weighted by atomic mass is 127. The average molecular weight is 403 g/mol. The van der Waals surface area contributed by atoms with Crippen molar-refractivity contribution in [1.82, 2.24) is 0 Å². The maximum Gasteiger partial charge on any atom is 0.404 e. The molecule has 0 atom stereocenters. The monoisotopic (exact) mass is 403 g/mol. The van der Waals surface area contributed by atoms with Gasteiger partial charge in [-0.25, -0.2) is 4.79 Å². The molecule has 0 aliphatic rings. The molecule has 0 heterocycles. The molecule has 70 valence electrons. The molecule has 0 radical (unpaired) electrons. The summed E-state index contributed by atoms with van der Waals surface area (Å²) in [6, 6.07) is 5.83. The largest absolute Gasteiger partial charge is 0.445 e. The zero-order valence-corrected chi connectivity index (χ0v) is 10.9. The molecule has 0 saturated carbocycles. The van der Waals surface area contributed by atoms with E-state index in [1.54, 1.807) is 0 Å². The van der Waals surface area contributed by atoms with E-state index in [0.29, 0.717) is 0 Å². The lowest BCUT2D eigenvalue weighted by Gasteiger charge is -2.05. The molecular formula is C8H7I2NO2. The van der Waals surface area contributed by atoms with E-state index in [9.17, 15) is 4.79 Å². The number of carbonyl (C=O) groups excluding carboxylic acids is 1. The van der Waals surface area contributed by atoms with Gasteiger partial charge in [0.15, 0.2) is 0 Å². The zero-order chi connectivity index (χ0) is 9.84. The van der Waals surface area contributed by atoms with Crippen molar-refractivity contribution in [3.05, 3.63) is 30.9 Å². The van der Waals surface area contributed by atoms with Crippen LogP contribution in [0, 0.1) is 7.14 Å². The van der Waals surface area contributed by atoms with Crippen LogP contribution in [-0.4, -0.2) is 6.09 Å². The van der Waals surface area contributed by atoms with Crippen LogP contribution in [0.5, 0.6) is 0 Å². The van der Waals surface area contributed by atoms with Gasteiger partial charge in [-0.3, -0.25) is 0 Å². The molecule has 1 amide bonds. The van der Waals surface area contributed by atoms with Crippen LogP contribution >= 0.6 is 45.2 Å². The van der Waals surface area contributed by atoms with E-state index in [0.717, 1.165) is 12.7 Å². The second kappa shape index (κ2) is 4.99. The van der Waals surface area contributed by atoms with E-state index in [2.05, 4.69) is 45.2 Å². The van der Waals surface area contributed by atoms with Gasteiger partial charge in [-0.1, -0.05) is 12.1 Å². The fraction of sp³-hybridized carbons (Fsp3) is 0.125. The second-order valence-electron chi connectivity index (χ2n) is 2.32. The quantitative estimate of drug-likeness (QED) is 0.773. The number of carbonyl (C=O) groups is 1. The van der Waals surface area contributed by atoms with Gasteiger partial charge in [0.05, 0.1) is 0 Å². The van der Waals surface area contributed by atoms with E-state index in [4.69, 9.17) is 10.5 Å². The molecule has 1 aromatic carbocycles. The van der Waals surface area contributed by atoms with Gasteiger partial charge in [-0.05, 0) is 51.2 Å². The predicted octanol–water partition coefficient (Wildman–Crippen LogP) is 2.49. The Morgan fingerprint density at radius 3 is 2.77 bits per heavy atom. The van der Waals surface area contributed by atoms with E-state index < -0.39 is 6.09 Å². The van der Waals surface area contributed by atoms with Crippen LogP contribution in [0.2, 0.25) is 0 Å². The molecule has 13 heavy (non-hydrogen) atoms. The number of rotatable bonds is 2. The molecule has 0 fully saturated rings. The minimum Gasteiger partial charge on any atom is -0.445 e. The Morgan fingerprint density at radius 2 is 2.15 bits per heavy atom. The summed E-state index contributed by atoms with van der Waals surface area (Å²) in [7, 11) is 0. The van der Waals surface area contributed by atoms with Crippen LogP contribution < -0.4 is 5.73 Å². The van der Waals surface area contributed by atoms with Crippen molar-refractivity contribution in [3.63, 3.8) is 0 Å². The smallest absolute Gasteiger partial charge is 0.404 e. The van der Waals surface area contributed by atoms with Gasteiger partial charge in [0.2, 0.25) is 0 Å². The molecule has 1 rings (SSSR count). The number of hydrogen-bond donors (Lipinski definition) is 1. The molecule has 0 aliphatic heterocycles. The molecule has 0 unspecified atom stereocenters. The summed E-state index contributed by atoms with van der Waals surface area (Å²) in [6.07, 6.45) is -0.741. The molecule has 0 bridgehead atoms. The number of nitrogens with two attached hydrogens (primary N) is 1. The Bertz CT molecular complexity index is 328. The van der Waals surface area contributed by atoms with Crippen LogP contribution in [0.3, 0.4) is 0 Å². The Balaban J connectivity index is 2.77. The summed E-state index contributed by atoms with van der Waals surface area (Å²) in [5.74, 6) is 0. The first kappa shape index (κ1) is 11.0. The highest BCUT2D eigenvalue weighted by Crippen LogP contribution is 2.19. The normalized spacial score (nSPS) is 9.69. The topological polar surface area (TPSA) is 52.3 Å². The number of hydrogen-bond acceptors (Lipinski definition) is 2. The van der Waals surface area contributed by atoms with Crippen LogP contribution in [-0.2, 0) is 11.3 Å². The van der Waals surface area contributed by atoms with Crippen molar-refractivity contribution in [1.29, 1.82) is 0 Å². The van der Waals surface area contributed by atoms with Crippen LogP contribution in [0.1, 0.15) is 5.56 Å². The maximum atomic E-state index is 10.4.